The molecule has 0 aliphatic heterocycles. The molecule has 6 heteroatoms. The second-order valence-electron chi connectivity index (χ2n) is 7.86. The van der Waals surface area contributed by atoms with Crippen LogP contribution in [0.15, 0.2) is 18.2 Å². The molecule has 162 valence electrons. The van der Waals surface area contributed by atoms with Crippen LogP contribution in [0.5, 0.6) is 0 Å². The topological polar surface area (TPSA) is 76.1 Å². The molecular formula is C23H35NO5. The molecule has 0 radical (unpaired) electrons. The highest BCUT2D eigenvalue weighted by atomic mass is 16.5. The molecule has 0 saturated heterocycles. The number of carboxylic acid groups (broad SMARTS) is 1. The molecule has 29 heavy (non-hydrogen) atoms. The molecule has 1 fully saturated rings. The summed E-state index contributed by atoms with van der Waals surface area (Å²) in [5.41, 5.74) is 1.81. The summed E-state index contributed by atoms with van der Waals surface area (Å²) in [6.07, 6.45) is 8.23. The normalized spacial score (nSPS) is 19.1. The lowest BCUT2D eigenvalue weighted by Crippen LogP contribution is -2.32. The fourth-order valence-electron chi connectivity index (χ4n) is 3.89. The zero-order valence-corrected chi connectivity index (χ0v) is 17.8. The highest BCUT2D eigenvalue weighted by Crippen LogP contribution is 2.25. The maximum Gasteiger partial charge on any atom is 0.336 e. The van der Waals surface area contributed by atoms with Crippen molar-refractivity contribution in [2.45, 2.75) is 77.6 Å². The van der Waals surface area contributed by atoms with E-state index in [9.17, 15) is 14.7 Å². The van der Waals surface area contributed by atoms with E-state index in [-0.39, 0.29) is 12.2 Å². The predicted octanol–water partition coefficient (Wildman–Crippen LogP) is 4.19. The lowest BCUT2D eigenvalue weighted by Gasteiger charge is -2.30. The molecule has 2 atom stereocenters. The number of carboxylic acids is 1. The Morgan fingerprint density at radius 3 is 2.66 bits per heavy atom. The average molecular weight is 406 g/mol. The second-order valence-corrected chi connectivity index (χ2v) is 7.86. The van der Waals surface area contributed by atoms with Gasteiger partial charge < -0.3 is 19.5 Å². The van der Waals surface area contributed by atoms with Crippen molar-refractivity contribution in [1.82, 2.24) is 4.90 Å². The van der Waals surface area contributed by atoms with Gasteiger partial charge in [-0.1, -0.05) is 38.0 Å². The molecule has 0 heterocycles. The lowest BCUT2D eigenvalue weighted by molar-refractivity contribution is -0.119. The zero-order chi connectivity index (χ0) is 21.1. The van der Waals surface area contributed by atoms with Crippen LogP contribution in [-0.4, -0.2) is 54.3 Å². The van der Waals surface area contributed by atoms with Crippen molar-refractivity contribution < 1.29 is 24.2 Å². The van der Waals surface area contributed by atoms with Crippen LogP contribution in [0.4, 0.5) is 0 Å². The summed E-state index contributed by atoms with van der Waals surface area (Å²) >= 11 is 0. The predicted molar refractivity (Wildman–Crippen MR) is 112 cm³/mol. The first-order valence-corrected chi connectivity index (χ1v) is 10.8. The molecule has 2 rings (SSSR count). The molecule has 1 saturated carbocycles. The number of carbonyl (C=O) groups excluding carboxylic acids is 1. The van der Waals surface area contributed by atoms with E-state index < -0.39 is 5.97 Å². The Morgan fingerprint density at radius 1 is 1.21 bits per heavy atom. The smallest absolute Gasteiger partial charge is 0.336 e. The highest BCUT2D eigenvalue weighted by molar-refractivity contribution is 5.91. The summed E-state index contributed by atoms with van der Waals surface area (Å²) in [4.78, 5) is 24.5. The summed E-state index contributed by atoms with van der Waals surface area (Å²) in [6.45, 7) is 6.22. The van der Waals surface area contributed by atoms with Crippen molar-refractivity contribution in [3.63, 3.8) is 0 Å². The Hall–Kier alpha value is -1.92. The Balaban J connectivity index is 1.76. The zero-order valence-electron chi connectivity index (χ0n) is 17.8. The third-order valence-corrected chi connectivity index (χ3v) is 5.56. The number of hydrogen-bond acceptors (Lipinski definition) is 4. The van der Waals surface area contributed by atoms with Crippen LogP contribution >= 0.6 is 0 Å². The van der Waals surface area contributed by atoms with Gasteiger partial charge in [0.05, 0.1) is 31.0 Å². The summed E-state index contributed by atoms with van der Waals surface area (Å²) in [6, 6.07) is 5.49. The number of aromatic carboxylic acids is 1. The summed E-state index contributed by atoms with van der Waals surface area (Å²) in [5.74, 6) is -0.912. The molecular weight excluding hydrogens is 370 g/mol. The molecule has 1 aromatic carbocycles. The number of unbranched alkanes of at least 4 members (excludes halogenated alkanes) is 2. The minimum atomic E-state index is -0.912. The van der Waals surface area contributed by atoms with Gasteiger partial charge in [-0.15, -0.1) is 0 Å². The third kappa shape index (κ3) is 7.78. The van der Waals surface area contributed by atoms with E-state index in [1.165, 1.54) is 0 Å². The molecule has 0 spiro atoms. The Morgan fingerprint density at radius 2 is 1.97 bits per heavy atom. The van der Waals surface area contributed by atoms with Gasteiger partial charge in [-0.25, -0.2) is 4.79 Å². The second kappa shape index (κ2) is 12.6. The Bertz CT molecular complexity index is 648. The van der Waals surface area contributed by atoms with Crippen LogP contribution in [-0.2, 0) is 20.9 Å². The van der Waals surface area contributed by atoms with Gasteiger partial charge in [-0.3, -0.25) is 4.79 Å². The minimum absolute atomic E-state index is 0.0719. The van der Waals surface area contributed by atoms with Crippen molar-refractivity contribution in [2.75, 3.05) is 19.7 Å². The van der Waals surface area contributed by atoms with Gasteiger partial charge in [0.15, 0.2) is 0 Å². The van der Waals surface area contributed by atoms with Crippen LogP contribution in [0.1, 0.15) is 73.4 Å². The van der Waals surface area contributed by atoms with Crippen molar-refractivity contribution >= 4 is 12.4 Å². The average Bonchev–Trinajstić information content (AvgIpc) is 2.71. The van der Waals surface area contributed by atoms with Crippen LogP contribution < -0.4 is 0 Å². The van der Waals surface area contributed by atoms with Gasteiger partial charge in [0.25, 0.3) is 0 Å². The number of amides is 1. The van der Waals surface area contributed by atoms with Crippen molar-refractivity contribution in [3.8, 4) is 0 Å². The first-order valence-electron chi connectivity index (χ1n) is 10.8. The summed E-state index contributed by atoms with van der Waals surface area (Å²) in [7, 11) is 0. The van der Waals surface area contributed by atoms with Gasteiger partial charge in [-0.2, -0.15) is 0 Å². The molecule has 1 aliphatic rings. The molecule has 0 bridgehead atoms. The summed E-state index contributed by atoms with van der Waals surface area (Å²) < 4.78 is 12.1. The number of nitrogens with zero attached hydrogens (tertiary/aromatic N) is 1. The molecule has 1 amide bonds. The Labute approximate surface area is 174 Å². The van der Waals surface area contributed by atoms with Gasteiger partial charge in [0.2, 0.25) is 6.41 Å². The van der Waals surface area contributed by atoms with Crippen LogP contribution in [0, 0.1) is 6.92 Å². The Kier molecular flexibility index (Phi) is 10.2. The molecule has 2 unspecified atom stereocenters. The van der Waals surface area contributed by atoms with E-state index in [1.54, 1.807) is 4.90 Å². The molecule has 1 aromatic rings. The number of aryl methyl sites for hydroxylation is 1. The first kappa shape index (κ1) is 23.4. The van der Waals surface area contributed by atoms with Crippen molar-refractivity contribution in [1.29, 1.82) is 0 Å². The van der Waals surface area contributed by atoms with Gasteiger partial charge in [0.1, 0.15) is 0 Å². The van der Waals surface area contributed by atoms with E-state index in [0.29, 0.717) is 30.9 Å². The summed E-state index contributed by atoms with van der Waals surface area (Å²) in [5, 5.41) is 9.45. The van der Waals surface area contributed by atoms with Gasteiger partial charge in [-0.05, 0) is 50.2 Å². The van der Waals surface area contributed by atoms with E-state index in [1.807, 2.05) is 25.1 Å². The standard InChI is InChI=1S/C23H35NO5/c1-3-4-5-12-24(17-25)13-14-28-20-10-7-11-21(15-20)29-16-19-9-6-8-18(2)22(19)23(26)27/h6,8-9,17,20-21H,3-5,7,10-16H2,1-2H3,(H,26,27). The number of hydrogen-bond donors (Lipinski definition) is 1. The SMILES string of the molecule is CCCCCN(C=O)CCOC1CCCC(OCc2cccc(C)c2C(=O)O)C1. The highest BCUT2D eigenvalue weighted by Gasteiger charge is 2.24. The third-order valence-electron chi connectivity index (χ3n) is 5.56. The minimum Gasteiger partial charge on any atom is -0.478 e. The van der Waals surface area contributed by atoms with Gasteiger partial charge >= 0.3 is 5.97 Å². The van der Waals surface area contributed by atoms with E-state index >= 15 is 0 Å². The van der Waals surface area contributed by atoms with Crippen LogP contribution in [0.25, 0.3) is 0 Å². The van der Waals surface area contributed by atoms with E-state index in [0.717, 1.165) is 63.5 Å². The van der Waals surface area contributed by atoms with Crippen LogP contribution in [0.2, 0.25) is 0 Å². The van der Waals surface area contributed by atoms with E-state index in [2.05, 4.69) is 6.92 Å². The maximum atomic E-state index is 11.5. The molecule has 0 aromatic heterocycles. The van der Waals surface area contributed by atoms with E-state index in [4.69, 9.17) is 9.47 Å². The maximum absolute atomic E-state index is 11.5. The number of rotatable bonds is 13. The molecule has 1 N–H and O–H groups in total. The fraction of sp³-hybridized carbons (Fsp3) is 0.652. The lowest BCUT2D eigenvalue weighted by atomic mass is 9.94. The molecule has 1 aliphatic carbocycles. The first-order chi connectivity index (χ1) is 14.0. The monoisotopic (exact) mass is 405 g/mol. The van der Waals surface area contributed by atoms with Crippen molar-refractivity contribution in [3.05, 3.63) is 34.9 Å². The van der Waals surface area contributed by atoms with Crippen LogP contribution in [0.3, 0.4) is 0 Å². The molecule has 6 nitrogen and oxygen atoms in total. The number of ether oxygens (including phenoxy) is 2. The number of carbonyl (C=O) groups is 2. The van der Waals surface area contributed by atoms with Gasteiger partial charge in [0, 0.05) is 13.1 Å². The largest absolute Gasteiger partial charge is 0.478 e. The van der Waals surface area contributed by atoms with Crippen molar-refractivity contribution in [2.24, 2.45) is 0 Å². The quantitative estimate of drug-likeness (QED) is 0.393. The fourth-order valence-corrected chi connectivity index (χ4v) is 3.89. The number of benzene rings is 1.